The molecule has 6 nitrogen and oxygen atoms in total. The molecule has 2 saturated carbocycles. The molecule has 2 aliphatic rings. The lowest BCUT2D eigenvalue weighted by molar-refractivity contribution is -0.152. The Balaban J connectivity index is 1.69. The van der Waals surface area contributed by atoms with Crippen molar-refractivity contribution < 1.29 is 18.3 Å². The maximum atomic E-state index is 12.9. The summed E-state index contributed by atoms with van der Waals surface area (Å²) < 4.78 is 28.4. The maximum Gasteiger partial charge on any atom is 0.308 e. The van der Waals surface area contributed by atoms with Crippen LogP contribution in [0.2, 0.25) is 0 Å². The number of nitrogens with one attached hydrogen (secondary N) is 1. The molecule has 0 spiro atoms. The SMILES string of the molecule is O=C(O)[C@H]1[C@H]2CCC[C@H]2[C@@H]1NS(=O)(=O)c1cccc2cccnc12. The van der Waals surface area contributed by atoms with E-state index < -0.39 is 28.0 Å². The third-order valence-corrected chi connectivity index (χ3v) is 6.89. The summed E-state index contributed by atoms with van der Waals surface area (Å²) in [6.45, 7) is 0. The number of carboxylic acids is 1. The highest BCUT2D eigenvalue weighted by molar-refractivity contribution is 7.89. The van der Waals surface area contributed by atoms with Crippen molar-refractivity contribution in [3.05, 3.63) is 36.5 Å². The number of aromatic nitrogens is 1. The minimum absolute atomic E-state index is 0.0980. The fraction of sp³-hybridized carbons (Fsp3) is 0.412. The number of hydrogen-bond acceptors (Lipinski definition) is 4. The van der Waals surface area contributed by atoms with Crippen molar-refractivity contribution >= 4 is 26.9 Å². The first-order valence-electron chi connectivity index (χ1n) is 8.08. The third kappa shape index (κ3) is 2.31. The summed E-state index contributed by atoms with van der Waals surface area (Å²) in [5.74, 6) is -1.32. The number of benzene rings is 1. The Kier molecular flexibility index (Phi) is 3.58. The van der Waals surface area contributed by atoms with Crippen LogP contribution in [0.4, 0.5) is 0 Å². The summed E-state index contributed by atoms with van der Waals surface area (Å²) in [5.41, 5.74) is 0.404. The predicted molar refractivity (Wildman–Crippen MR) is 87.8 cm³/mol. The Morgan fingerprint density at radius 3 is 2.71 bits per heavy atom. The molecule has 0 radical (unpaired) electrons. The molecule has 24 heavy (non-hydrogen) atoms. The van der Waals surface area contributed by atoms with Gasteiger partial charge in [-0.3, -0.25) is 9.78 Å². The molecule has 0 aliphatic heterocycles. The van der Waals surface area contributed by atoms with Crippen molar-refractivity contribution in [1.29, 1.82) is 0 Å². The first kappa shape index (κ1) is 15.5. The van der Waals surface area contributed by atoms with Gasteiger partial charge < -0.3 is 5.11 Å². The number of aliphatic carboxylic acids is 1. The fourth-order valence-electron chi connectivity index (χ4n) is 4.33. The average Bonchev–Trinajstić information content (AvgIpc) is 2.95. The molecule has 2 N–H and O–H groups in total. The highest BCUT2D eigenvalue weighted by Gasteiger charge is 2.56. The van der Waals surface area contributed by atoms with Crippen molar-refractivity contribution in [2.45, 2.75) is 30.2 Å². The molecule has 1 aromatic heterocycles. The lowest BCUT2D eigenvalue weighted by Crippen LogP contribution is -2.60. The zero-order valence-corrected chi connectivity index (χ0v) is 13.7. The molecule has 0 unspecified atom stereocenters. The van der Waals surface area contributed by atoms with E-state index in [2.05, 4.69) is 9.71 Å². The molecule has 0 saturated heterocycles. The third-order valence-electron chi connectivity index (χ3n) is 5.40. The molecule has 2 fully saturated rings. The van der Waals surface area contributed by atoms with Crippen LogP contribution in [0.15, 0.2) is 41.4 Å². The van der Waals surface area contributed by atoms with Gasteiger partial charge in [-0.1, -0.05) is 24.6 Å². The van der Waals surface area contributed by atoms with Crippen LogP contribution in [0, 0.1) is 17.8 Å². The van der Waals surface area contributed by atoms with E-state index >= 15 is 0 Å². The summed E-state index contributed by atoms with van der Waals surface area (Å²) in [7, 11) is -3.83. The van der Waals surface area contributed by atoms with Gasteiger partial charge in [-0.25, -0.2) is 13.1 Å². The summed E-state index contributed by atoms with van der Waals surface area (Å²) >= 11 is 0. The van der Waals surface area contributed by atoms with Gasteiger partial charge in [0.25, 0.3) is 0 Å². The van der Waals surface area contributed by atoms with Crippen LogP contribution in [-0.4, -0.2) is 30.5 Å². The van der Waals surface area contributed by atoms with E-state index in [0.29, 0.717) is 5.52 Å². The number of pyridine rings is 1. The highest BCUT2D eigenvalue weighted by Crippen LogP contribution is 2.51. The molecule has 1 aromatic carbocycles. The number of rotatable bonds is 4. The Morgan fingerprint density at radius 2 is 1.92 bits per heavy atom. The van der Waals surface area contributed by atoms with Gasteiger partial charge in [-0.2, -0.15) is 0 Å². The Labute approximate surface area is 140 Å². The molecule has 2 aromatic rings. The van der Waals surface area contributed by atoms with Gasteiger partial charge in [0.2, 0.25) is 10.0 Å². The molecule has 0 bridgehead atoms. The zero-order valence-electron chi connectivity index (χ0n) is 12.9. The fourth-order valence-corrected chi connectivity index (χ4v) is 5.82. The normalized spacial score (nSPS) is 29.2. The number of para-hydroxylation sites is 1. The van der Waals surface area contributed by atoms with Gasteiger partial charge in [-0.05, 0) is 36.8 Å². The summed E-state index contributed by atoms with van der Waals surface area (Å²) in [5, 5.41) is 10.2. The Bertz CT molecular complexity index is 906. The first-order valence-corrected chi connectivity index (χ1v) is 9.56. The second-order valence-electron chi connectivity index (χ2n) is 6.60. The number of sulfonamides is 1. The Hall–Kier alpha value is -1.99. The predicted octanol–water partition coefficient (Wildman–Crippen LogP) is 2.01. The van der Waals surface area contributed by atoms with Crippen LogP contribution in [-0.2, 0) is 14.8 Å². The monoisotopic (exact) mass is 346 g/mol. The lowest BCUT2D eigenvalue weighted by atomic mass is 9.63. The van der Waals surface area contributed by atoms with Crippen LogP contribution < -0.4 is 4.72 Å². The van der Waals surface area contributed by atoms with Gasteiger partial charge in [0.05, 0.1) is 11.4 Å². The van der Waals surface area contributed by atoms with Crippen LogP contribution >= 0.6 is 0 Å². The first-order chi connectivity index (χ1) is 11.5. The number of fused-ring (bicyclic) bond motifs is 2. The standard InChI is InChI=1S/C17H18N2O4S/c20-17(21)14-11-6-2-7-12(11)16(14)19-24(22,23)13-8-1-4-10-5-3-9-18-15(10)13/h1,3-5,8-9,11-12,14,16,19H,2,6-7H2,(H,20,21)/t11-,12+,14-,16-/m0/s1. The minimum Gasteiger partial charge on any atom is -0.481 e. The number of nitrogens with zero attached hydrogens (tertiary/aromatic N) is 1. The second-order valence-corrected chi connectivity index (χ2v) is 8.28. The topological polar surface area (TPSA) is 96.4 Å². The van der Waals surface area contributed by atoms with Gasteiger partial charge in [0.1, 0.15) is 4.90 Å². The lowest BCUT2D eigenvalue weighted by Gasteiger charge is -2.46. The molecule has 126 valence electrons. The number of carboxylic acid groups (broad SMARTS) is 1. The van der Waals surface area contributed by atoms with Crippen LogP contribution in [0.3, 0.4) is 0 Å². The van der Waals surface area contributed by atoms with Crippen LogP contribution in [0.25, 0.3) is 10.9 Å². The van der Waals surface area contributed by atoms with Crippen LogP contribution in [0.1, 0.15) is 19.3 Å². The van der Waals surface area contributed by atoms with E-state index in [9.17, 15) is 18.3 Å². The van der Waals surface area contributed by atoms with Crippen molar-refractivity contribution in [1.82, 2.24) is 9.71 Å². The largest absolute Gasteiger partial charge is 0.481 e. The molecule has 7 heteroatoms. The summed E-state index contributed by atoms with van der Waals surface area (Å²) in [6.07, 6.45) is 4.27. The van der Waals surface area contributed by atoms with Crippen molar-refractivity contribution in [3.8, 4) is 0 Å². The van der Waals surface area contributed by atoms with E-state index in [1.165, 1.54) is 6.07 Å². The zero-order chi connectivity index (χ0) is 16.9. The van der Waals surface area contributed by atoms with Gasteiger partial charge in [-0.15, -0.1) is 0 Å². The van der Waals surface area contributed by atoms with E-state index in [1.807, 2.05) is 0 Å². The molecule has 1 heterocycles. The molecule has 4 rings (SSSR count). The van der Waals surface area contributed by atoms with Crippen molar-refractivity contribution in [2.24, 2.45) is 17.8 Å². The molecular weight excluding hydrogens is 328 g/mol. The summed E-state index contributed by atoms with van der Waals surface area (Å²) in [6, 6.07) is 8.01. The van der Waals surface area contributed by atoms with Gasteiger partial charge >= 0.3 is 5.97 Å². The van der Waals surface area contributed by atoms with Gasteiger partial charge in [0, 0.05) is 17.6 Å². The van der Waals surface area contributed by atoms with E-state index in [-0.39, 0.29) is 16.7 Å². The summed E-state index contributed by atoms with van der Waals surface area (Å²) in [4.78, 5) is 15.8. The Morgan fingerprint density at radius 1 is 1.17 bits per heavy atom. The molecule has 0 amide bonds. The van der Waals surface area contributed by atoms with Crippen molar-refractivity contribution in [3.63, 3.8) is 0 Å². The maximum absolute atomic E-state index is 12.9. The molecule has 2 aliphatic carbocycles. The number of hydrogen-bond donors (Lipinski definition) is 2. The highest BCUT2D eigenvalue weighted by atomic mass is 32.2. The molecule has 4 atom stereocenters. The number of carbonyl (C=O) groups is 1. The minimum atomic E-state index is -3.83. The van der Waals surface area contributed by atoms with E-state index in [1.54, 1.807) is 30.5 Å². The van der Waals surface area contributed by atoms with Crippen LogP contribution in [0.5, 0.6) is 0 Å². The smallest absolute Gasteiger partial charge is 0.308 e. The van der Waals surface area contributed by atoms with E-state index in [4.69, 9.17) is 0 Å². The van der Waals surface area contributed by atoms with E-state index in [0.717, 1.165) is 24.6 Å². The second kappa shape index (κ2) is 5.53. The quantitative estimate of drug-likeness (QED) is 0.883. The van der Waals surface area contributed by atoms with Crippen molar-refractivity contribution in [2.75, 3.05) is 0 Å². The van der Waals surface area contributed by atoms with Gasteiger partial charge in [0.15, 0.2) is 0 Å². The molecular formula is C17H18N2O4S. The average molecular weight is 346 g/mol.